The van der Waals surface area contributed by atoms with Crippen LogP contribution in [0.5, 0.6) is 0 Å². The highest BCUT2D eigenvalue weighted by molar-refractivity contribution is 6.05. The van der Waals surface area contributed by atoms with Crippen LogP contribution in [0.1, 0.15) is 52.2 Å². The first-order chi connectivity index (χ1) is 14.5. The normalized spacial score (nSPS) is 12.3. The Morgan fingerprint density at radius 3 is 2.40 bits per heavy atom. The zero-order valence-corrected chi connectivity index (χ0v) is 17.4. The molecule has 0 spiro atoms. The van der Waals surface area contributed by atoms with Crippen LogP contribution in [0.25, 0.3) is 6.08 Å². The lowest BCUT2D eigenvalue weighted by molar-refractivity contribution is -0.118. The molecule has 2 aromatic carbocycles. The molecular formula is C25H26N2O3. The zero-order chi connectivity index (χ0) is 21.5. The summed E-state index contributed by atoms with van der Waals surface area (Å²) in [4.78, 5) is 25.7. The van der Waals surface area contributed by atoms with Crippen LogP contribution in [-0.4, -0.2) is 11.8 Å². The van der Waals surface area contributed by atoms with E-state index in [4.69, 9.17) is 4.42 Å². The number of amides is 2. The molecule has 0 radical (unpaired) electrons. The van der Waals surface area contributed by atoms with Crippen LogP contribution in [0, 0.1) is 13.8 Å². The Morgan fingerprint density at radius 1 is 1.00 bits per heavy atom. The number of hydrogen-bond acceptors (Lipinski definition) is 3. The number of hydrogen-bond donors (Lipinski definition) is 2. The Bertz CT molecular complexity index is 1040. The van der Waals surface area contributed by atoms with E-state index in [2.05, 4.69) is 36.6 Å². The Balaban J connectivity index is 1.84. The molecule has 2 N–H and O–H groups in total. The largest absolute Gasteiger partial charge is 0.465 e. The van der Waals surface area contributed by atoms with Crippen molar-refractivity contribution >= 4 is 17.9 Å². The van der Waals surface area contributed by atoms with Crippen LogP contribution >= 0.6 is 0 Å². The second-order valence-corrected chi connectivity index (χ2v) is 7.17. The third-order valence-electron chi connectivity index (χ3n) is 5.01. The average molecular weight is 402 g/mol. The van der Waals surface area contributed by atoms with E-state index in [1.54, 1.807) is 36.4 Å². The van der Waals surface area contributed by atoms with Crippen LogP contribution in [-0.2, 0) is 4.79 Å². The first-order valence-corrected chi connectivity index (χ1v) is 9.97. The second kappa shape index (κ2) is 9.74. The summed E-state index contributed by atoms with van der Waals surface area (Å²) >= 11 is 0. The Morgan fingerprint density at radius 2 is 1.77 bits per heavy atom. The molecule has 2 amide bonds. The third kappa shape index (κ3) is 5.26. The van der Waals surface area contributed by atoms with Gasteiger partial charge in [-0.2, -0.15) is 0 Å². The van der Waals surface area contributed by atoms with Gasteiger partial charge in [0.25, 0.3) is 11.8 Å². The molecule has 5 heteroatoms. The van der Waals surface area contributed by atoms with Crippen molar-refractivity contribution in [2.24, 2.45) is 0 Å². The summed E-state index contributed by atoms with van der Waals surface area (Å²) in [6.07, 6.45) is 3.77. The average Bonchev–Trinajstić information content (AvgIpc) is 3.27. The van der Waals surface area contributed by atoms with Gasteiger partial charge in [0.15, 0.2) is 0 Å². The Labute approximate surface area is 176 Å². The lowest BCUT2D eigenvalue weighted by atomic mass is 9.99. The summed E-state index contributed by atoms with van der Waals surface area (Å²) in [6.45, 7) is 6.12. The molecule has 1 heterocycles. The van der Waals surface area contributed by atoms with Gasteiger partial charge in [-0.15, -0.1) is 0 Å². The van der Waals surface area contributed by atoms with Crippen LogP contribution < -0.4 is 10.6 Å². The van der Waals surface area contributed by atoms with E-state index in [0.717, 1.165) is 12.0 Å². The zero-order valence-electron chi connectivity index (χ0n) is 17.4. The fourth-order valence-electron chi connectivity index (χ4n) is 3.10. The Hall–Kier alpha value is -3.60. The number of furan rings is 1. The number of carbonyl (C=O) groups is 2. The van der Waals surface area contributed by atoms with Gasteiger partial charge in [-0.25, -0.2) is 0 Å². The maximum absolute atomic E-state index is 13.1. The van der Waals surface area contributed by atoms with Crippen molar-refractivity contribution in [1.29, 1.82) is 0 Å². The Kier molecular flexibility index (Phi) is 6.86. The number of rotatable bonds is 7. The molecule has 30 heavy (non-hydrogen) atoms. The molecule has 0 saturated heterocycles. The first-order valence-electron chi connectivity index (χ1n) is 9.97. The van der Waals surface area contributed by atoms with E-state index in [1.807, 2.05) is 19.1 Å². The molecule has 0 bridgehead atoms. The monoisotopic (exact) mass is 402 g/mol. The SMILES string of the molecule is CC[C@@H](NC(=O)/C(=C/c1ccco1)NC(=O)c1ccccc1)c1ccc(C)c(C)c1. The van der Waals surface area contributed by atoms with E-state index >= 15 is 0 Å². The minimum Gasteiger partial charge on any atom is -0.465 e. The highest BCUT2D eigenvalue weighted by Crippen LogP contribution is 2.20. The quantitative estimate of drug-likeness (QED) is 0.550. The molecule has 1 aromatic heterocycles. The van der Waals surface area contributed by atoms with Crippen molar-refractivity contribution in [2.45, 2.75) is 33.2 Å². The summed E-state index contributed by atoms with van der Waals surface area (Å²) < 4.78 is 5.34. The van der Waals surface area contributed by atoms with Gasteiger partial charge in [-0.3, -0.25) is 9.59 Å². The molecular weight excluding hydrogens is 376 g/mol. The molecule has 0 fully saturated rings. The fraction of sp³-hybridized carbons (Fsp3) is 0.200. The summed E-state index contributed by atoms with van der Waals surface area (Å²) in [7, 11) is 0. The summed E-state index contributed by atoms with van der Waals surface area (Å²) in [5, 5.41) is 5.76. The lowest BCUT2D eigenvalue weighted by Crippen LogP contribution is -2.36. The lowest BCUT2D eigenvalue weighted by Gasteiger charge is -2.20. The van der Waals surface area contributed by atoms with Crippen molar-refractivity contribution in [3.05, 3.63) is 101 Å². The molecule has 154 valence electrons. The van der Waals surface area contributed by atoms with E-state index < -0.39 is 0 Å². The predicted molar refractivity (Wildman–Crippen MR) is 118 cm³/mol. The van der Waals surface area contributed by atoms with E-state index in [9.17, 15) is 9.59 Å². The molecule has 0 saturated carbocycles. The van der Waals surface area contributed by atoms with Gasteiger partial charge >= 0.3 is 0 Å². The van der Waals surface area contributed by atoms with Crippen LogP contribution in [0.4, 0.5) is 0 Å². The van der Waals surface area contributed by atoms with Crippen molar-refractivity contribution in [1.82, 2.24) is 10.6 Å². The van der Waals surface area contributed by atoms with Crippen molar-refractivity contribution in [3.63, 3.8) is 0 Å². The van der Waals surface area contributed by atoms with E-state index in [1.165, 1.54) is 23.5 Å². The molecule has 0 aliphatic heterocycles. The molecule has 5 nitrogen and oxygen atoms in total. The minimum atomic E-state index is -0.374. The molecule has 1 atom stereocenters. The smallest absolute Gasteiger partial charge is 0.268 e. The van der Waals surface area contributed by atoms with Gasteiger partial charge in [0, 0.05) is 11.6 Å². The second-order valence-electron chi connectivity index (χ2n) is 7.17. The van der Waals surface area contributed by atoms with Gasteiger partial charge in [0.05, 0.1) is 12.3 Å². The number of nitrogens with one attached hydrogen (secondary N) is 2. The van der Waals surface area contributed by atoms with Crippen molar-refractivity contribution in [2.75, 3.05) is 0 Å². The van der Waals surface area contributed by atoms with Gasteiger partial charge in [0.2, 0.25) is 0 Å². The van der Waals surface area contributed by atoms with Gasteiger partial charge in [-0.05, 0) is 61.2 Å². The topological polar surface area (TPSA) is 71.3 Å². The molecule has 0 aliphatic carbocycles. The summed E-state index contributed by atoms with van der Waals surface area (Å²) in [6, 6.07) is 18.2. The molecule has 3 aromatic rings. The number of aryl methyl sites for hydroxylation is 2. The predicted octanol–water partition coefficient (Wildman–Crippen LogP) is 4.93. The van der Waals surface area contributed by atoms with Crippen LogP contribution in [0.3, 0.4) is 0 Å². The van der Waals surface area contributed by atoms with Crippen molar-refractivity contribution < 1.29 is 14.0 Å². The van der Waals surface area contributed by atoms with Gasteiger partial charge in [-0.1, -0.05) is 43.3 Å². The number of carbonyl (C=O) groups excluding carboxylic acids is 2. The molecule has 0 aliphatic rings. The third-order valence-corrected chi connectivity index (χ3v) is 5.01. The minimum absolute atomic E-state index is 0.126. The maximum Gasteiger partial charge on any atom is 0.268 e. The highest BCUT2D eigenvalue weighted by atomic mass is 16.3. The van der Waals surface area contributed by atoms with Gasteiger partial charge in [0.1, 0.15) is 11.5 Å². The van der Waals surface area contributed by atoms with Crippen molar-refractivity contribution in [3.8, 4) is 0 Å². The van der Waals surface area contributed by atoms with E-state index in [0.29, 0.717) is 11.3 Å². The molecule has 3 rings (SSSR count). The standard InChI is InChI=1S/C25H26N2O3/c1-4-22(20-13-12-17(2)18(3)15-20)26-25(29)23(16-21-11-8-14-30-21)27-24(28)19-9-6-5-7-10-19/h5-16,22H,4H2,1-3H3,(H,26,29)(H,27,28)/b23-16-/t22-/m1/s1. The van der Waals surface area contributed by atoms with Crippen LogP contribution in [0.15, 0.2) is 77.0 Å². The first kappa shape index (κ1) is 21.1. The highest BCUT2D eigenvalue weighted by Gasteiger charge is 2.19. The maximum atomic E-state index is 13.1. The fourth-order valence-corrected chi connectivity index (χ4v) is 3.10. The van der Waals surface area contributed by atoms with Gasteiger partial charge < -0.3 is 15.1 Å². The number of benzene rings is 2. The summed E-state index contributed by atoms with van der Waals surface area (Å²) in [5.74, 6) is -0.253. The van der Waals surface area contributed by atoms with Crippen LogP contribution in [0.2, 0.25) is 0 Å². The summed E-state index contributed by atoms with van der Waals surface area (Å²) in [5.41, 5.74) is 4.00. The van der Waals surface area contributed by atoms with E-state index in [-0.39, 0.29) is 23.6 Å². The molecule has 0 unspecified atom stereocenters.